The highest BCUT2D eigenvalue weighted by Gasteiger charge is 2.11. The third-order valence-corrected chi connectivity index (χ3v) is 3.11. The molecule has 3 heteroatoms. The van der Waals surface area contributed by atoms with Crippen LogP contribution in [0, 0.1) is 0 Å². The molecule has 0 aromatic heterocycles. The summed E-state index contributed by atoms with van der Waals surface area (Å²) in [5.41, 5.74) is 6.56. The van der Waals surface area contributed by atoms with Gasteiger partial charge in [0.05, 0.1) is 5.56 Å². The van der Waals surface area contributed by atoms with Crippen LogP contribution in [0.1, 0.15) is 10.4 Å². The molecule has 0 fully saturated rings. The molecule has 0 amide bonds. The number of rotatable bonds is 2. The number of benzene rings is 3. The van der Waals surface area contributed by atoms with E-state index in [1.165, 1.54) is 0 Å². The van der Waals surface area contributed by atoms with Gasteiger partial charge in [0.25, 0.3) is 0 Å². The van der Waals surface area contributed by atoms with Crippen LogP contribution >= 0.6 is 0 Å². The summed E-state index contributed by atoms with van der Waals surface area (Å²) in [4.78, 5) is 12.1. The number of fused-ring (bicyclic) bond motifs is 1. The maximum atomic E-state index is 12.1. The fraction of sp³-hybridized carbons (Fsp3) is 0. The predicted molar refractivity (Wildman–Crippen MR) is 79.8 cm³/mol. The summed E-state index contributed by atoms with van der Waals surface area (Å²) in [5.74, 6) is 0.0651. The van der Waals surface area contributed by atoms with Crippen molar-refractivity contribution in [1.82, 2.24) is 0 Å². The van der Waals surface area contributed by atoms with E-state index in [2.05, 4.69) is 0 Å². The molecule has 0 saturated heterocycles. The van der Waals surface area contributed by atoms with Gasteiger partial charge in [-0.2, -0.15) is 0 Å². The fourth-order valence-corrected chi connectivity index (χ4v) is 2.08. The second-order valence-electron chi connectivity index (χ2n) is 4.49. The molecule has 3 rings (SSSR count). The molecule has 0 unspecified atom stereocenters. The number of anilines is 1. The topological polar surface area (TPSA) is 52.3 Å². The molecule has 0 bridgehead atoms. The van der Waals surface area contributed by atoms with Gasteiger partial charge in [-0.15, -0.1) is 0 Å². The Balaban J connectivity index is 1.89. The van der Waals surface area contributed by atoms with E-state index in [9.17, 15) is 4.79 Å². The molecule has 0 aliphatic rings. The van der Waals surface area contributed by atoms with Gasteiger partial charge in [0.2, 0.25) is 0 Å². The van der Waals surface area contributed by atoms with E-state index in [0.717, 1.165) is 10.8 Å². The summed E-state index contributed by atoms with van der Waals surface area (Å²) < 4.78 is 5.37. The Kier molecular flexibility index (Phi) is 3.09. The van der Waals surface area contributed by atoms with Crippen LogP contribution in [-0.4, -0.2) is 5.97 Å². The molecule has 0 radical (unpaired) electrons. The molecule has 0 atom stereocenters. The van der Waals surface area contributed by atoms with E-state index in [1.807, 2.05) is 36.4 Å². The highest BCUT2D eigenvalue weighted by molar-refractivity contribution is 5.96. The monoisotopic (exact) mass is 263 g/mol. The molecule has 3 aromatic rings. The predicted octanol–water partition coefficient (Wildman–Crippen LogP) is 3.64. The second kappa shape index (κ2) is 5.05. The molecule has 0 aliphatic heterocycles. The number of nitrogen functional groups attached to an aromatic ring is 1. The summed E-state index contributed by atoms with van der Waals surface area (Å²) in [7, 11) is 0. The molecule has 0 saturated carbocycles. The van der Waals surface area contributed by atoms with Crippen molar-refractivity contribution in [3.8, 4) is 5.75 Å². The molecule has 20 heavy (non-hydrogen) atoms. The molecule has 0 spiro atoms. The Labute approximate surface area is 116 Å². The lowest BCUT2D eigenvalue weighted by molar-refractivity contribution is 0.0736. The summed E-state index contributed by atoms with van der Waals surface area (Å²) in [6.07, 6.45) is 0. The lowest BCUT2D eigenvalue weighted by Gasteiger charge is -2.07. The largest absolute Gasteiger partial charge is 0.423 e. The number of nitrogens with two attached hydrogens (primary N) is 1. The Morgan fingerprint density at radius 3 is 2.35 bits per heavy atom. The van der Waals surface area contributed by atoms with Gasteiger partial charge in [0.1, 0.15) is 5.75 Å². The smallest absolute Gasteiger partial charge is 0.345 e. The first kappa shape index (κ1) is 12.2. The fourth-order valence-electron chi connectivity index (χ4n) is 2.08. The third-order valence-electron chi connectivity index (χ3n) is 3.11. The van der Waals surface area contributed by atoms with Crippen molar-refractivity contribution in [3.63, 3.8) is 0 Å². The van der Waals surface area contributed by atoms with Crippen LogP contribution in [0.3, 0.4) is 0 Å². The summed E-state index contributed by atoms with van der Waals surface area (Å²) >= 11 is 0. The number of hydrogen-bond donors (Lipinski definition) is 1. The van der Waals surface area contributed by atoms with E-state index in [4.69, 9.17) is 10.5 Å². The summed E-state index contributed by atoms with van der Waals surface area (Å²) in [6.45, 7) is 0. The third kappa shape index (κ3) is 2.34. The van der Waals surface area contributed by atoms with Crippen molar-refractivity contribution < 1.29 is 9.53 Å². The van der Waals surface area contributed by atoms with Gasteiger partial charge in [-0.3, -0.25) is 0 Å². The number of esters is 1. The zero-order chi connectivity index (χ0) is 13.9. The minimum Gasteiger partial charge on any atom is -0.423 e. The Morgan fingerprint density at radius 1 is 0.850 bits per heavy atom. The average molecular weight is 263 g/mol. The maximum absolute atomic E-state index is 12.1. The molecule has 0 aliphatic carbocycles. The molecule has 3 aromatic carbocycles. The van der Waals surface area contributed by atoms with Gasteiger partial charge in [-0.1, -0.05) is 42.5 Å². The van der Waals surface area contributed by atoms with E-state index in [1.54, 1.807) is 30.3 Å². The zero-order valence-electron chi connectivity index (χ0n) is 10.7. The van der Waals surface area contributed by atoms with E-state index in [0.29, 0.717) is 17.0 Å². The van der Waals surface area contributed by atoms with Crippen LogP contribution in [0.4, 0.5) is 5.69 Å². The van der Waals surface area contributed by atoms with E-state index >= 15 is 0 Å². The highest BCUT2D eigenvalue weighted by atomic mass is 16.5. The van der Waals surface area contributed by atoms with Crippen molar-refractivity contribution in [2.24, 2.45) is 0 Å². The van der Waals surface area contributed by atoms with Crippen LogP contribution in [0.2, 0.25) is 0 Å². The van der Waals surface area contributed by atoms with Crippen molar-refractivity contribution in [2.45, 2.75) is 0 Å². The number of carbonyl (C=O) groups excluding carboxylic acids is 1. The van der Waals surface area contributed by atoms with Crippen LogP contribution < -0.4 is 10.5 Å². The normalized spacial score (nSPS) is 10.4. The van der Waals surface area contributed by atoms with Gasteiger partial charge < -0.3 is 10.5 Å². The van der Waals surface area contributed by atoms with Crippen molar-refractivity contribution in [1.29, 1.82) is 0 Å². The van der Waals surface area contributed by atoms with Crippen molar-refractivity contribution in [2.75, 3.05) is 5.73 Å². The van der Waals surface area contributed by atoms with Crippen LogP contribution in [0.5, 0.6) is 5.75 Å². The first-order valence-electron chi connectivity index (χ1n) is 6.29. The van der Waals surface area contributed by atoms with E-state index < -0.39 is 5.97 Å². The molecule has 0 heterocycles. The van der Waals surface area contributed by atoms with Crippen molar-refractivity contribution >= 4 is 22.4 Å². The number of carbonyl (C=O) groups is 1. The van der Waals surface area contributed by atoms with Gasteiger partial charge in [0, 0.05) is 5.69 Å². The Hall–Kier alpha value is -2.81. The minimum atomic E-state index is -0.446. The Morgan fingerprint density at radius 2 is 1.55 bits per heavy atom. The quantitative estimate of drug-likeness (QED) is 0.436. The van der Waals surface area contributed by atoms with Crippen LogP contribution in [0.15, 0.2) is 66.7 Å². The SMILES string of the molecule is Nc1ccccc1C(=O)Oc1ccc2ccccc2c1. The van der Waals surface area contributed by atoms with Crippen LogP contribution in [0.25, 0.3) is 10.8 Å². The molecule has 2 N–H and O–H groups in total. The second-order valence-corrected chi connectivity index (χ2v) is 4.49. The van der Waals surface area contributed by atoms with Crippen molar-refractivity contribution in [3.05, 3.63) is 72.3 Å². The molecular formula is C17H13NO2. The van der Waals surface area contributed by atoms with Gasteiger partial charge in [0.15, 0.2) is 0 Å². The maximum Gasteiger partial charge on any atom is 0.345 e. The van der Waals surface area contributed by atoms with E-state index in [-0.39, 0.29) is 0 Å². The molecule has 3 nitrogen and oxygen atoms in total. The zero-order valence-corrected chi connectivity index (χ0v) is 10.7. The highest BCUT2D eigenvalue weighted by Crippen LogP contribution is 2.22. The standard InChI is InChI=1S/C17H13NO2/c18-16-8-4-3-7-15(16)17(19)20-14-10-9-12-5-1-2-6-13(12)11-14/h1-11H,18H2. The lowest BCUT2D eigenvalue weighted by Crippen LogP contribution is -2.10. The molecule has 98 valence electrons. The first-order chi connectivity index (χ1) is 9.74. The first-order valence-corrected chi connectivity index (χ1v) is 6.29. The number of hydrogen-bond acceptors (Lipinski definition) is 3. The Bertz CT molecular complexity index is 781. The van der Waals surface area contributed by atoms with Gasteiger partial charge in [-0.05, 0) is 35.0 Å². The minimum absolute atomic E-state index is 0.376. The number of para-hydroxylation sites is 1. The number of ether oxygens (including phenoxy) is 1. The average Bonchev–Trinajstić information content (AvgIpc) is 2.47. The molecular weight excluding hydrogens is 250 g/mol. The van der Waals surface area contributed by atoms with Gasteiger partial charge >= 0.3 is 5.97 Å². The lowest BCUT2D eigenvalue weighted by atomic mass is 10.1. The summed E-state index contributed by atoms with van der Waals surface area (Å²) in [6, 6.07) is 20.3. The van der Waals surface area contributed by atoms with Gasteiger partial charge in [-0.25, -0.2) is 4.79 Å². The van der Waals surface area contributed by atoms with Crippen LogP contribution in [-0.2, 0) is 0 Å². The summed E-state index contributed by atoms with van der Waals surface area (Å²) in [5, 5.41) is 2.13.